The van der Waals surface area contributed by atoms with Gasteiger partial charge in [0.05, 0.1) is 5.52 Å². The van der Waals surface area contributed by atoms with Crippen molar-refractivity contribution in [1.29, 1.82) is 0 Å². The molecule has 2 aromatic rings. The highest BCUT2D eigenvalue weighted by Crippen LogP contribution is 2.26. The summed E-state index contributed by atoms with van der Waals surface area (Å²) in [6.45, 7) is 5.21. The van der Waals surface area contributed by atoms with Crippen LogP contribution in [0.4, 0.5) is 4.39 Å². The summed E-state index contributed by atoms with van der Waals surface area (Å²) in [6, 6.07) is 5.19. The van der Waals surface area contributed by atoms with Crippen LogP contribution in [0.2, 0.25) is 0 Å². The van der Waals surface area contributed by atoms with Crippen LogP contribution in [0.25, 0.3) is 10.9 Å². The summed E-state index contributed by atoms with van der Waals surface area (Å²) in [5.74, 6) is -0.169. The molecule has 1 heterocycles. The molecule has 3 heteroatoms. The smallest absolute Gasteiger partial charge is 0.147 e. The van der Waals surface area contributed by atoms with E-state index < -0.39 is 0 Å². The van der Waals surface area contributed by atoms with Crippen molar-refractivity contribution in [2.75, 3.05) is 6.54 Å². The molecule has 2 N–H and O–H groups in total. The van der Waals surface area contributed by atoms with Crippen LogP contribution in [-0.4, -0.2) is 11.1 Å². The predicted octanol–water partition coefficient (Wildman–Crippen LogP) is 2.36. The van der Waals surface area contributed by atoms with Gasteiger partial charge in [-0.3, -0.25) is 0 Å². The number of halogens is 1. The average Bonchev–Trinajstić information content (AvgIpc) is 2.46. The van der Waals surface area contributed by atoms with E-state index in [1.807, 2.05) is 24.5 Å². The fourth-order valence-corrected chi connectivity index (χ4v) is 2.07. The standard InChI is InChI=1S/C12H15FN2/c1-8-9(2)15(7-6-14)12-10(8)4-3-5-11(12)13/h3-5H,6-7,14H2,1-2H3. The van der Waals surface area contributed by atoms with Gasteiger partial charge in [0.1, 0.15) is 5.82 Å². The summed E-state index contributed by atoms with van der Waals surface area (Å²) in [6.07, 6.45) is 0. The maximum absolute atomic E-state index is 13.7. The van der Waals surface area contributed by atoms with E-state index in [4.69, 9.17) is 5.73 Å². The SMILES string of the molecule is Cc1c(C)n(CCN)c2c(F)cccc12. The van der Waals surface area contributed by atoms with E-state index in [0.29, 0.717) is 18.6 Å². The summed E-state index contributed by atoms with van der Waals surface area (Å²) in [7, 11) is 0. The molecule has 0 radical (unpaired) electrons. The van der Waals surface area contributed by atoms with Gasteiger partial charge in [-0.15, -0.1) is 0 Å². The zero-order chi connectivity index (χ0) is 11.0. The van der Waals surface area contributed by atoms with Gasteiger partial charge in [0.25, 0.3) is 0 Å². The summed E-state index contributed by atoms with van der Waals surface area (Å²) in [5, 5.41) is 0.987. The summed E-state index contributed by atoms with van der Waals surface area (Å²) in [4.78, 5) is 0. The van der Waals surface area contributed by atoms with Gasteiger partial charge < -0.3 is 10.3 Å². The normalized spacial score (nSPS) is 11.2. The number of hydrogen-bond donors (Lipinski definition) is 1. The Morgan fingerprint density at radius 2 is 2.07 bits per heavy atom. The number of benzene rings is 1. The molecule has 0 aliphatic heterocycles. The zero-order valence-electron chi connectivity index (χ0n) is 9.05. The van der Waals surface area contributed by atoms with Gasteiger partial charge in [-0.2, -0.15) is 0 Å². The lowest BCUT2D eigenvalue weighted by Gasteiger charge is -2.06. The highest BCUT2D eigenvalue weighted by molar-refractivity contribution is 5.85. The molecule has 0 saturated carbocycles. The van der Waals surface area contributed by atoms with Crippen molar-refractivity contribution in [2.45, 2.75) is 20.4 Å². The number of aryl methyl sites for hydroxylation is 1. The Morgan fingerprint density at radius 1 is 1.33 bits per heavy atom. The van der Waals surface area contributed by atoms with Crippen LogP contribution < -0.4 is 5.73 Å². The van der Waals surface area contributed by atoms with Gasteiger partial charge in [-0.05, 0) is 25.5 Å². The number of nitrogens with zero attached hydrogens (tertiary/aromatic N) is 1. The number of nitrogens with two attached hydrogens (primary N) is 1. The maximum atomic E-state index is 13.7. The monoisotopic (exact) mass is 206 g/mol. The molecule has 0 amide bonds. The molecule has 0 spiro atoms. The molecule has 0 aliphatic carbocycles. The van der Waals surface area contributed by atoms with E-state index >= 15 is 0 Å². The topological polar surface area (TPSA) is 30.9 Å². The van der Waals surface area contributed by atoms with Gasteiger partial charge >= 0.3 is 0 Å². The van der Waals surface area contributed by atoms with E-state index in [-0.39, 0.29) is 5.82 Å². The van der Waals surface area contributed by atoms with Crippen LogP contribution in [0.1, 0.15) is 11.3 Å². The zero-order valence-corrected chi connectivity index (χ0v) is 9.05. The summed E-state index contributed by atoms with van der Waals surface area (Å²) < 4.78 is 15.7. The van der Waals surface area contributed by atoms with Crippen LogP contribution in [0.5, 0.6) is 0 Å². The highest BCUT2D eigenvalue weighted by atomic mass is 19.1. The minimum absolute atomic E-state index is 0.169. The Bertz CT molecular complexity index is 500. The molecule has 1 aromatic carbocycles. The number of aromatic nitrogens is 1. The minimum atomic E-state index is -0.169. The first-order valence-corrected chi connectivity index (χ1v) is 5.10. The third kappa shape index (κ3) is 1.43. The van der Waals surface area contributed by atoms with Crippen molar-refractivity contribution < 1.29 is 4.39 Å². The lowest BCUT2D eigenvalue weighted by molar-refractivity contribution is 0.619. The van der Waals surface area contributed by atoms with Crippen LogP contribution in [0, 0.1) is 19.7 Å². The first-order chi connectivity index (χ1) is 7.16. The molecule has 80 valence electrons. The summed E-state index contributed by atoms with van der Waals surface area (Å²) >= 11 is 0. The van der Waals surface area contributed by atoms with Crippen molar-refractivity contribution in [3.8, 4) is 0 Å². The van der Waals surface area contributed by atoms with E-state index in [2.05, 4.69) is 0 Å². The Balaban J connectivity index is 2.82. The summed E-state index contributed by atoms with van der Waals surface area (Å²) in [5.41, 5.74) is 8.45. The Labute approximate surface area is 88.5 Å². The molecule has 0 aliphatic rings. The van der Waals surface area contributed by atoms with Crippen LogP contribution >= 0.6 is 0 Å². The van der Waals surface area contributed by atoms with Crippen LogP contribution in [-0.2, 0) is 6.54 Å². The Hall–Kier alpha value is -1.35. The lowest BCUT2D eigenvalue weighted by atomic mass is 10.1. The Morgan fingerprint density at radius 3 is 2.73 bits per heavy atom. The number of para-hydroxylation sites is 1. The van der Waals surface area contributed by atoms with Crippen molar-refractivity contribution in [3.05, 3.63) is 35.3 Å². The highest BCUT2D eigenvalue weighted by Gasteiger charge is 2.12. The van der Waals surface area contributed by atoms with Crippen molar-refractivity contribution in [1.82, 2.24) is 4.57 Å². The first kappa shape index (κ1) is 10.2. The predicted molar refractivity (Wildman–Crippen MR) is 60.4 cm³/mol. The molecule has 0 unspecified atom stereocenters. The molecular weight excluding hydrogens is 191 g/mol. The molecule has 0 bridgehead atoms. The minimum Gasteiger partial charge on any atom is -0.341 e. The van der Waals surface area contributed by atoms with Crippen molar-refractivity contribution in [3.63, 3.8) is 0 Å². The van der Waals surface area contributed by atoms with E-state index in [1.165, 1.54) is 6.07 Å². The lowest BCUT2D eigenvalue weighted by Crippen LogP contribution is -2.11. The molecule has 0 fully saturated rings. The quantitative estimate of drug-likeness (QED) is 0.803. The third-order valence-corrected chi connectivity index (χ3v) is 2.96. The molecule has 15 heavy (non-hydrogen) atoms. The fraction of sp³-hybridized carbons (Fsp3) is 0.333. The molecule has 1 aromatic heterocycles. The fourth-order valence-electron chi connectivity index (χ4n) is 2.07. The third-order valence-electron chi connectivity index (χ3n) is 2.96. The number of fused-ring (bicyclic) bond motifs is 1. The second-order valence-electron chi connectivity index (χ2n) is 3.79. The number of hydrogen-bond acceptors (Lipinski definition) is 1. The first-order valence-electron chi connectivity index (χ1n) is 5.10. The second kappa shape index (κ2) is 3.66. The van der Waals surface area contributed by atoms with Gasteiger partial charge in [0, 0.05) is 24.2 Å². The van der Waals surface area contributed by atoms with Gasteiger partial charge in [0.2, 0.25) is 0 Å². The molecule has 0 atom stereocenters. The molecular formula is C12H15FN2. The second-order valence-corrected chi connectivity index (χ2v) is 3.79. The maximum Gasteiger partial charge on any atom is 0.147 e. The van der Waals surface area contributed by atoms with E-state index in [1.54, 1.807) is 6.07 Å². The van der Waals surface area contributed by atoms with E-state index in [0.717, 1.165) is 16.6 Å². The average molecular weight is 206 g/mol. The van der Waals surface area contributed by atoms with Gasteiger partial charge in [-0.1, -0.05) is 12.1 Å². The van der Waals surface area contributed by atoms with E-state index in [9.17, 15) is 4.39 Å². The molecule has 0 saturated heterocycles. The van der Waals surface area contributed by atoms with Crippen molar-refractivity contribution >= 4 is 10.9 Å². The molecule has 2 rings (SSSR count). The van der Waals surface area contributed by atoms with Crippen LogP contribution in [0.3, 0.4) is 0 Å². The van der Waals surface area contributed by atoms with Gasteiger partial charge in [-0.25, -0.2) is 4.39 Å². The van der Waals surface area contributed by atoms with Crippen molar-refractivity contribution in [2.24, 2.45) is 5.73 Å². The van der Waals surface area contributed by atoms with Gasteiger partial charge in [0.15, 0.2) is 0 Å². The Kier molecular flexibility index (Phi) is 2.49. The largest absolute Gasteiger partial charge is 0.341 e. The molecule has 2 nitrogen and oxygen atoms in total. The number of rotatable bonds is 2. The van der Waals surface area contributed by atoms with Crippen LogP contribution in [0.15, 0.2) is 18.2 Å².